The molecule has 2 aromatic rings. The van der Waals surface area contributed by atoms with E-state index in [9.17, 15) is 9.90 Å². The number of carbonyl (C=O) groups excluding carboxylic acids is 1. The fourth-order valence-corrected chi connectivity index (χ4v) is 2.86. The first-order chi connectivity index (χ1) is 9.54. The molecular weight excluding hydrogens is 344 g/mol. The molecule has 6 nitrogen and oxygen atoms in total. The molecule has 0 radical (unpaired) electrons. The highest BCUT2D eigenvalue weighted by molar-refractivity contribution is 9.10. The summed E-state index contributed by atoms with van der Waals surface area (Å²) in [6.07, 6.45) is 0. The van der Waals surface area contributed by atoms with Crippen LogP contribution in [0.25, 0.3) is 10.9 Å². The monoisotopic (exact) mass is 352 g/mol. The molecule has 1 aliphatic rings. The Morgan fingerprint density at radius 1 is 1.45 bits per heavy atom. The highest BCUT2D eigenvalue weighted by Gasteiger charge is 2.24. The Hall–Kier alpha value is -1.67. The van der Waals surface area contributed by atoms with E-state index >= 15 is 0 Å². The molecule has 1 aliphatic heterocycles. The average Bonchev–Trinajstić information content (AvgIpc) is 2.87. The summed E-state index contributed by atoms with van der Waals surface area (Å²) < 4.78 is 0.872. The van der Waals surface area contributed by atoms with Crippen LogP contribution in [0.2, 0.25) is 0 Å². The maximum Gasteiger partial charge on any atom is 0.261 e. The summed E-state index contributed by atoms with van der Waals surface area (Å²) in [7, 11) is 0. The van der Waals surface area contributed by atoms with Crippen molar-refractivity contribution in [2.75, 3.05) is 0 Å². The zero-order valence-corrected chi connectivity index (χ0v) is 12.7. The van der Waals surface area contributed by atoms with E-state index in [1.165, 1.54) is 11.8 Å². The van der Waals surface area contributed by atoms with Crippen LogP contribution in [0.1, 0.15) is 6.92 Å². The van der Waals surface area contributed by atoms with Crippen molar-refractivity contribution in [3.63, 3.8) is 0 Å². The second kappa shape index (κ2) is 5.02. The van der Waals surface area contributed by atoms with Gasteiger partial charge in [-0.1, -0.05) is 27.7 Å². The quantitative estimate of drug-likeness (QED) is 0.766. The van der Waals surface area contributed by atoms with Gasteiger partial charge in [0, 0.05) is 9.86 Å². The van der Waals surface area contributed by atoms with Crippen LogP contribution in [0, 0.1) is 0 Å². The molecule has 0 fully saturated rings. The number of nitrogens with zero attached hydrogens (tertiary/aromatic N) is 3. The summed E-state index contributed by atoms with van der Waals surface area (Å²) in [4.78, 5) is 17.9. The number of fused-ring (bicyclic) bond motifs is 1. The molecular formula is C12H9BrN4O2S. The lowest BCUT2D eigenvalue weighted by Crippen LogP contribution is -2.02. The fourth-order valence-electron chi connectivity index (χ4n) is 1.80. The van der Waals surface area contributed by atoms with Crippen molar-refractivity contribution in [1.29, 1.82) is 0 Å². The molecule has 0 aliphatic carbocycles. The molecule has 102 valence electrons. The number of azo groups is 1. The molecule has 0 saturated heterocycles. The van der Waals surface area contributed by atoms with Gasteiger partial charge in [-0.05, 0) is 25.1 Å². The minimum atomic E-state index is -0.227. The Balaban J connectivity index is 1.99. The minimum absolute atomic E-state index is 0.0650. The number of benzene rings is 1. The topological polar surface area (TPSA) is 90.2 Å². The Morgan fingerprint density at radius 2 is 2.25 bits per heavy atom. The molecule has 0 spiro atoms. The number of carbonyl (C=O) groups is 1. The summed E-state index contributed by atoms with van der Waals surface area (Å²) in [5.41, 5.74) is 1.08. The van der Waals surface area contributed by atoms with Crippen molar-refractivity contribution in [2.24, 2.45) is 15.2 Å². The largest absolute Gasteiger partial charge is 0.493 e. The molecule has 3 rings (SSSR count). The molecule has 2 N–H and O–H groups in total. The molecule has 20 heavy (non-hydrogen) atoms. The van der Waals surface area contributed by atoms with Crippen molar-refractivity contribution >= 4 is 55.4 Å². The van der Waals surface area contributed by atoms with Crippen LogP contribution in [-0.4, -0.2) is 26.4 Å². The van der Waals surface area contributed by atoms with E-state index in [1.807, 2.05) is 18.2 Å². The van der Waals surface area contributed by atoms with E-state index in [1.54, 1.807) is 6.92 Å². The van der Waals surface area contributed by atoms with Gasteiger partial charge < -0.3 is 10.1 Å². The van der Waals surface area contributed by atoms with Gasteiger partial charge in [0.05, 0.1) is 10.8 Å². The normalized spacial score (nSPS) is 19.2. The van der Waals surface area contributed by atoms with Crippen molar-refractivity contribution in [3.8, 4) is 5.88 Å². The molecule has 2 heterocycles. The first-order valence-electron chi connectivity index (χ1n) is 5.76. The number of rotatable bonds is 1. The van der Waals surface area contributed by atoms with Crippen molar-refractivity contribution in [2.45, 2.75) is 12.2 Å². The third kappa shape index (κ3) is 2.36. The Labute approximate surface area is 126 Å². The van der Waals surface area contributed by atoms with Gasteiger partial charge in [-0.3, -0.25) is 4.79 Å². The molecule has 1 atom stereocenters. The van der Waals surface area contributed by atoms with Gasteiger partial charge in [0.2, 0.25) is 11.0 Å². The van der Waals surface area contributed by atoms with Crippen molar-refractivity contribution in [3.05, 3.63) is 22.7 Å². The number of amides is 1. The van der Waals surface area contributed by atoms with Gasteiger partial charge in [0.1, 0.15) is 0 Å². The molecule has 1 amide bonds. The average molecular weight is 353 g/mol. The SMILES string of the molecule is C[C@@H]1SC(N=Nc2c(O)[nH]c3ccc(Br)cc23)=NC1=O. The standard InChI is InChI=1S/C12H9BrN4O2S/c1-5-10(18)15-12(20-5)17-16-9-7-4-6(13)2-3-8(7)14-11(9)19/h2-5,14,19H,1H3/t5-/m0/s1. The molecule has 0 bridgehead atoms. The number of nitrogens with one attached hydrogen (secondary N) is 1. The second-order valence-electron chi connectivity index (χ2n) is 4.20. The van der Waals surface area contributed by atoms with Crippen LogP contribution in [0.4, 0.5) is 5.69 Å². The third-order valence-corrected chi connectivity index (χ3v) is 4.22. The van der Waals surface area contributed by atoms with Gasteiger partial charge >= 0.3 is 0 Å². The number of hydrogen-bond acceptors (Lipinski definition) is 5. The molecule has 0 unspecified atom stereocenters. The number of aromatic hydroxyl groups is 1. The fraction of sp³-hybridized carbons (Fsp3) is 0.167. The molecule has 8 heteroatoms. The Morgan fingerprint density at radius 3 is 2.95 bits per heavy atom. The molecule has 1 aromatic carbocycles. The zero-order valence-electron chi connectivity index (χ0n) is 10.3. The first-order valence-corrected chi connectivity index (χ1v) is 7.43. The predicted octanol–water partition coefficient (Wildman–Crippen LogP) is 3.74. The summed E-state index contributed by atoms with van der Waals surface area (Å²) in [5.74, 6) is -0.278. The van der Waals surface area contributed by atoms with Gasteiger partial charge in [0.25, 0.3) is 5.91 Å². The predicted molar refractivity (Wildman–Crippen MR) is 81.7 cm³/mol. The number of thioether (sulfide) groups is 1. The number of hydrogen-bond donors (Lipinski definition) is 2. The van der Waals surface area contributed by atoms with E-state index in [0.717, 1.165) is 15.4 Å². The summed E-state index contributed by atoms with van der Waals surface area (Å²) >= 11 is 4.62. The highest BCUT2D eigenvalue weighted by atomic mass is 79.9. The van der Waals surface area contributed by atoms with Gasteiger partial charge in [0.15, 0.2) is 5.69 Å². The molecule has 1 aromatic heterocycles. The third-order valence-electron chi connectivity index (χ3n) is 2.79. The van der Waals surface area contributed by atoms with Crippen LogP contribution < -0.4 is 0 Å². The van der Waals surface area contributed by atoms with Crippen molar-refractivity contribution in [1.82, 2.24) is 4.98 Å². The van der Waals surface area contributed by atoms with E-state index in [2.05, 4.69) is 36.1 Å². The zero-order chi connectivity index (χ0) is 14.3. The number of amidine groups is 1. The van der Waals surface area contributed by atoms with Gasteiger partial charge in [-0.2, -0.15) is 4.99 Å². The summed E-state index contributed by atoms with van der Waals surface area (Å²) in [6.45, 7) is 1.76. The van der Waals surface area contributed by atoms with Gasteiger partial charge in [-0.15, -0.1) is 10.2 Å². The van der Waals surface area contributed by atoms with Crippen LogP contribution >= 0.6 is 27.7 Å². The van der Waals surface area contributed by atoms with Crippen LogP contribution in [0.5, 0.6) is 5.88 Å². The lowest BCUT2D eigenvalue weighted by atomic mass is 10.2. The van der Waals surface area contributed by atoms with E-state index < -0.39 is 0 Å². The van der Waals surface area contributed by atoms with Crippen LogP contribution in [-0.2, 0) is 4.79 Å². The van der Waals surface area contributed by atoms with E-state index in [0.29, 0.717) is 10.9 Å². The van der Waals surface area contributed by atoms with E-state index in [-0.39, 0.29) is 17.0 Å². The number of aromatic nitrogens is 1. The first kappa shape index (κ1) is 13.3. The number of halogens is 1. The van der Waals surface area contributed by atoms with Crippen LogP contribution in [0.15, 0.2) is 37.9 Å². The minimum Gasteiger partial charge on any atom is -0.493 e. The molecule has 0 saturated carbocycles. The maximum absolute atomic E-state index is 11.3. The Kier molecular flexibility index (Phi) is 3.35. The maximum atomic E-state index is 11.3. The number of aromatic amines is 1. The highest BCUT2D eigenvalue weighted by Crippen LogP contribution is 2.37. The van der Waals surface area contributed by atoms with Crippen molar-refractivity contribution < 1.29 is 9.90 Å². The lowest BCUT2D eigenvalue weighted by molar-refractivity contribution is -0.116. The lowest BCUT2D eigenvalue weighted by Gasteiger charge is -1.94. The summed E-state index contributed by atoms with van der Waals surface area (Å²) in [6, 6.07) is 5.51. The Bertz CT molecular complexity index is 768. The van der Waals surface area contributed by atoms with Gasteiger partial charge in [-0.25, -0.2) is 0 Å². The number of H-pyrrole nitrogens is 1. The second-order valence-corrected chi connectivity index (χ2v) is 6.43. The van der Waals surface area contributed by atoms with E-state index in [4.69, 9.17) is 0 Å². The smallest absolute Gasteiger partial charge is 0.261 e. The summed E-state index contributed by atoms with van der Waals surface area (Å²) in [5, 5.41) is 18.6. The van der Waals surface area contributed by atoms with Crippen LogP contribution in [0.3, 0.4) is 0 Å². The number of aliphatic imine (C=N–C) groups is 1.